The molecule has 0 spiro atoms. The highest BCUT2D eigenvalue weighted by molar-refractivity contribution is 7.10. The largest absolute Gasteiger partial charge is 0.149 e. The lowest BCUT2D eigenvalue weighted by Crippen LogP contribution is -2.34. The van der Waals surface area contributed by atoms with Gasteiger partial charge in [0.2, 0.25) is 0 Å². The van der Waals surface area contributed by atoms with E-state index in [0.717, 1.165) is 5.92 Å². The molecule has 0 N–H and O–H groups in total. The summed E-state index contributed by atoms with van der Waals surface area (Å²) in [6.45, 7) is 7.12. The maximum atomic E-state index is 2.39. The predicted octanol–water partition coefficient (Wildman–Crippen LogP) is 4.39. The molecule has 0 bridgehead atoms. The van der Waals surface area contributed by atoms with E-state index >= 15 is 0 Å². The van der Waals surface area contributed by atoms with Crippen molar-refractivity contribution < 1.29 is 0 Å². The molecule has 1 aromatic heterocycles. The minimum atomic E-state index is 0.494. The van der Waals surface area contributed by atoms with Crippen LogP contribution in [-0.2, 0) is 11.8 Å². The van der Waals surface area contributed by atoms with Gasteiger partial charge in [0.25, 0.3) is 0 Å². The lowest BCUT2D eigenvalue weighted by molar-refractivity contribution is 0.255. The van der Waals surface area contributed by atoms with Gasteiger partial charge in [0.05, 0.1) is 0 Å². The third kappa shape index (κ3) is 1.33. The second-order valence-electron chi connectivity index (χ2n) is 4.78. The molecule has 1 heterocycles. The van der Waals surface area contributed by atoms with Crippen molar-refractivity contribution in [3.63, 3.8) is 0 Å². The lowest BCUT2D eigenvalue weighted by atomic mass is 9.64. The minimum absolute atomic E-state index is 0.494. The Morgan fingerprint density at radius 2 is 2.29 bits per heavy atom. The Morgan fingerprint density at radius 3 is 2.93 bits per heavy atom. The first-order chi connectivity index (χ1) is 6.70. The molecule has 1 unspecified atom stereocenters. The summed E-state index contributed by atoms with van der Waals surface area (Å²) in [6.07, 6.45) is 5.40. The zero-order valence-corrected chi connectivity index (χ0v) is 10.3. The first-order valence-corrected chi connectivity index (χ1v) is 6.65. The Balaban J connectivity index is 2.47. The van der Waals surface area contributed by atoms with Crippen LogP contribution in [0.5, 0.6) is 0 Å². The molecule has 1 aromatic rings. The minimum Gasteiger partial charge on any atom is -0.149 e. The van der Waals surface area contributed by atoms with Gasteiger partial charge in [-0.2, -0.15) is 0 Å². The van der Waals surface area contributed by atoms with Crippen LogP contribution in [0.15, 0.2) is 11.4 Å². The number of hydrogen-bond donors (Lipinski definition) is 0. The van der Waals surface area contributed by atoms with Crippen molar-refractivity contribution in [1.29, 1.82) is 0 Å². The van der Waals surface area contributed by atoms with E-state index in [-0.39, 0.29) is 0 Å². The molecule has 1 aliphatic carbocycles. The fourth-order valence-corrected chi connectivity index (χ4v) is 4.08. The molecule has 0 saturated heterocycles. The summed E-state index contributed by atoms with van der Waals surface area (Å²) in [7, 11) is 0. The van der Waals surface area contributed by atoms with Gasteiger partial charge >= 0.3 is 0 Å². The molecule has 0 aromatic carbocycles. The summed E-state index contributed by atoms with van der Waals surface area (Å²) < 4.78 is 0. The van der Waals surface area contributed by atoms with Crippen molar-refractivity contribution in [3.05, 3.63) is 21.9 Å². The smallest absolute Gasteiger partial charge is 0.00829 e. The van der Waals surface area contributed by atoms with Gasteiger partial charge in [0, 0.05) is 4.88 Å². The van der Waals surface area contributed by atoms with E-state index in [1.165, 1.54) is 25.7 Å². The number of fused-ring (bicyclic) bond motifs is 1. The summed E-state index contributed by atoms with van der Waals surface area (Å²) in [5.41, 5.74) is 2.17. The molecule has 78 valence electrons. The summed E-state index contributed by atoms with van der Waals surface area (Å²) in [5, 5.41) is 2.28. The van der Waals surface area contributed by atoms with Crippen LogP contribution in [0, 0.1) is 5.92 Å². The van der Waals surface area contributed by atoms with Gasteiger partial charge in [-0.15, -0.1) is 11.3 Å². The van der Waals surface area contributed by atoms with Gasteiger partial charge in [-0.1, -0.05) is 20.8 Å². The van der Waals surface area contributed by atoms with Gasteiger partial charge in [-0.25, -0.2) is 0 Å². The van der Waals surface area contributed by atoms with E-state index in [1.807, 2.05) is 11.3 Å². The second kappa shape index (κ2) is 3.69. The van der Waals surface area contributed by atoms with Crippen molar-refractivity contribution in [1.82, 2.24) is 0 Å². The third-order valence-electron chi connectivity index (χ3n) is 4.04. The highest BCUT2D eigenvalue weighted by Gasteiger charge is 2.38. The van der Waals surface area contributed by atoms with Gasteiger partial charge in [0.1, 0.15) is 0 Å². The molecule has 1 atom stereocenters. The van der Waals surface area contributed by atoms with Crippen molar-refractivity contribution in [2.45, 2.75) is 51.9 Å². The first-order valence-electron chi connectivity index (χ1n) is 5.77. The maximum Gasteiger partial charge on any atom is 0.00829 e. The molecule has 14 heavy (non-hydrogen) atoms. The average molecular weight is 208 g/mol. The summed E-state index contributed by atoms with van der Waals surface area (Å²) in [6, 6.07) is 2.38. The van der Waals surface area contributed by atoms with Gasteiger partial charge in [-0.3, -0.25) is 0 Å². The van der Waals surface area contributed by atoms with Crippen LogP contribution >= 0.6 is 11.3 Å². The molecule has 1 heteroatoms. The maximum absolute atomic E-state index is 2.39. The van der Waals surface area contributed by atoms with E-state index in [9.17, 15) is 0 Å². The number of rotatable bonds is 2. The van der Waals surface area contributed by atoms with Crippen molar-refractivity contribution in [2.75, 3.05) is 0 Å². The molecule has 0 radical (unpaired) electrons. The van der Waals surface area contributed by atoms with Crippen molar-refractivity contribution in [3.8, 4) is 0 Å². The van der Waals surface area contributed by atoms with Crippen molar-refractivity contribution in [2.24, 2.45) is 5.92 Å². The fraction of sp³-hybridized carbons (Fsp3) is 0.692. The zero-order valence-electron chi connectivity index (χ0n) is 9.47. The van der Waals surface area contributed by atoms with Crippen LogP contribution < -0.4 is 0 Å². The van der Waals surface area contributed by atoms with E-state index in [2.05, 4.69) is 32.2 Å². The molecule has 0 aliphatic heterocycles. The Hall–Kier alpha value is -0.300. The van der Waals surface area contributed by atoms with Gasteiger partial charge in [-0.05, 0) is 54.0 Å². The molecule has 2 rings (SSSR count). The van der Waals surface area contributed by atoms with Crippen LogP contribution in [0.2, 0.25) is 0 Å². The normalized spacial score (nSPS) is 26.6. The fourth-order valence-electron chi connectivity index (χ4n) is 3.05. The van der Waals surface area contributed by atoms with Crippen molar-refractivity contribution >= 4 is 11.3 Å². The molecule has 0 saturated carbocycles. The lowest BCUT2D eigenvalue weighted by Gasteiger charge is -2.40. The van der Waals surface area contributed by atoms with E-state index in [0.29, 0.717) is 5.41 Å². The SMILES string of the molecule is CCC1(C(C)C)CCCc2sccc21. The molecular formula is C13H20S. The Morgan fingerprint density at radius 1 is 1.50 bits per heavy atom. The topological polar surface area (TPSA) is 0 Å². The molecule has 1 aliphatic rings. The first kappa shape index (κ1) is 10.2. The molecular weight excluding hydrogens is 188 g/mol. The van der Waals surface area contributed by atoms with E-state index in [4.69, 9.17) is 0 Å². The van der Waals surface area contributed by atoms with Crippen LogP contribution in [-0.4, -0.2) is 0 Å². The second-order valence-corrected chi connectivity index (χ2v) is 5.78. The van der Waals surface area contributed by atoms with Crippen LogP contribution in [0.4, 0.5) is 0 Å². The highest BCUT2D eigenvalue weighted by atomic mass is 32.1. The van der Waals surface area contributed by atoms with E-state index < -0.39 is 0 Å². The standard InChI is InChI=1S/C13H20S/c1-4-13(10(2)3)8-5-6-12-11(13)7-9-14-12/h7,9-10H,4-6,8H2,1-3H3. The van der Waals surface area contributed by atoms with Crippen LogP contribution in [0.25, 0.3) is 0 Å². The Kier molecular flexibility index (Phi) is 2.70. The Bertz CT molecular complexity index is 311. The average Bonchev–Trinajstić information content (AvgIpc) is 2.64. The van der Waals surface area contributed by atoms with E-state index in [1.54, 1.807) is 10.4 Å². The Labute approximate surface area is 91.4 Å². The third-order valence-corrected chi connectivity index (χ3v) is 5.03. The molecule has 0 nitrogen and oxygen atoms in total. The van der Waals surface area contributed by atoms with Crippen LogP contribution in [0.1, 0.15) is 50.5 Å². The van der Waals surface area contributed by atoms with Gasteiger partial charge < -0.3 is 0 Å². The number of hydrogen-bond acceptors (Lipinski definition) is 1. The predicted molar refractivity (Wildman–Crippen MR) is 64.1 cm³/mol. The number of thiophene rings is 1. The zero-order chi connectivity index (χ0) is 10.2. The summed E-state index contributed by atoms with van der Waals surface area (Å²) >= 11 is 1.96. The van der Waals surface area contributed by atoms with Gasteiger partial charge in [0.15, 0.2) is 0 Å². The number of aryl methyl sites for hydroxylation is 1. The molecule has 0 amide bonds. The summed E-state index contributed by atoms with van der Waals surface area (Å²) in [5.74, 6) is 0.779. The summed E-state index contributed by atoms with van der Waals surface area (Å²) in [4.78, 5) is 1.66. The quantitative estimate of drug-likeness (QED) is 0.676. The monoisotopic (exact) mass is 208 g/mol. The van der Waals surface area contributed by atoms with Crippen LogP contribution in [0.3, 0.4) is 0 Å². The molecule has 0 fully saturated rings. The highest BCUT2D eigenvalue weighted by Crippen LogP contribution is 2.46.